The second-order valence-electron chi connectivity index (χ2n) is 5.39. The monoisotopic (exact) mass is 300 g/mol. The third-order valence-electron chi connectivity index (χ3n) is 3.45. The highest BCUT2D eigenvalue weighted by molar-refractivity contribution is 6.48. The molecule has 0 heterocycles. The molecule has 0 nitrogen and oxygen atoms in total. The molecule has 108 valence electrons. The number of rotatable bonds is 10. The van der Waals surface area contributed by atoms with Gasteiger partial charge in [0.25, 0.3) is 0 Å². The van der Waals surface area contributed by atoms with Gasteiger partial charge in [-0.15, -0.1) is 23.2 Å². The van der Waals surface area contributed by atoms with Crippen LogP contribution in [0.2, 0.25) is 0 Å². The quantitative estimate of drug-likeness (QED) is 0.340. The highest BCUT2D eigenvalue weighted by atomic mass is 35.5. The molecule has 0 amide bonds. The maximum Gasteiger partial charge on any atom is 0.122 e. The number of benzene rings is 1. The maximum atomic E-state index is 6.40. The molecule has 1 aromatic carbocycles. The fourth-order valence-electron chi connectivity index (χ4n) is 2.32. The molecule has 0 unspecified atom stereocenters. The molecule has 0 radical (unpaired) electrons. The van der Waals surface area contributed by atoms with Gasteiger partial charge in [0.2, 0.25) is 0 Å². The highest BCUT2D eigenvalue weighted by Crippen LogP contribution is 2.32. The van der Waals surface area contributed by atoms with Crippen molar-refractivity contribution < 1.29 is 0 Å². The molecule has 0 bridgehead atoms. The number of alkyl halides is 2. The van der Waals surface area contributed by atoms with Gasteiger partial charge < -0.3 is 0 Å². The van der Waals surface area contributed by atoms with E-state index >= 15 is 0 Å². The predicted octanol–water partition coefficient (Wildman–Crippen LogP) is 6.54. The minimum Gasteiger partial charge on any atom is -0.101 e. The SMILES string of the molecule is CCCCCCCCCC(Cl)(Cl)Cc1ccccc1. The van der Waals surface area contributed by atoms with Crippen molar-refractivity contribution in [3.8, 4) is 0 Å². The summed E-state index contributed by atoms with van der Waals surface area (Å²) in [6.07, 6.45) is 10.7. The first-order valence-electron chi connectivity index (χ1n) is 7.56. The highest BCUT2D eigenvalue weighted by Gasteiger charge is 2.23. The summed E-state index contributed by atoms with van der Waals surface area (Å²) in [5, 5.41) is 0. The first-order valence-corrected chi connectivity index (χ1v) is 8.31. The average molecular weight is 301 g/mol. The number of halogens is 2. The molecule has 19 heavy (non-hydrogen) atoms. The summed E-state index contributed by atoms with van der Waals surface area (Å²) < 4.78 is -0.606. The van der Waals surface area contributed by atoms with Crippen molar-refractivity contribution in [3.63, 3.8) is 0 Å². The van der Waals surface area contributed by atoms with E-state index in [-0.39, 0.29) is 0 Å². The van der Waals surface area contributed by atoms with Gasteiger partial charge in [-0.2, -0.15) is 0 Å². The van der Waals surface area contributed by atoms with Gasteiger partial charge in [0.1, 0.15) is 4.33 Å². The van der Waals surface area contributed by atoms with E-state index in [1.54, 1.807) is 0 Å². The Kier molecular flexibility index (Phi) is 8.57. The lowest BCUT2D eigenvalue weighted by molar-refractivity contribution is 0.553. The fraction of sp³-hybridized carbons (Fsp3) is 0.647. The predicted molar refractivity (Wildman–Crippen MR) is 87.2 cm³/mol. The van der Waals surface area contributed by atoms with Crippen LogP contribution in [0, 0.1) is 0 Å². The average Bonchev–Trinajstić information content (AvgIpc) is 2.38. The summed E-state index contributed by atoms with van der Waals surface area (Å²) in [5.41, 5.74) is 1.22. The number of hydrogen-bond acceptors (Lipinski definition) is 0. The first kappa shape index (κ1) is 16.9. The lowest BCUT2D eigenvalue weighted by Gasteiger charge is -2.19. The van der Waals surface area contributed by atoms with E-state index in [1.165, 1.54) is 44.1 Å². The third-order valence-corrected chi connectivity index (χ3v) is 4.10. The van der Waals surface area contributed by atoms with Crippen molar-refractivity contribution in [2.24, 2.45) is 0 Å². The van der Waals surface area contributed by atoms with E-state index in [4.69, 9.17) is 23.2 Å². The van der Waals surface area contributed by atoms with E-state index in [2.05, 4.69) is 19.1 Å². The molecule has 0 spiro atoms. The largest absolute Gasteiger partial charge is 0.122 e. The van der Waals surface area contributed by atoms with E-state index in [0.29, 0.717) is 0 Å². The molecule has 0 saturated heterocycles. The summed E-state index contributed by atoms with van der Waals surface area (Å²) in [5.74, 6) is 0. The molecule has 0 saturated carbocycles. The van der Waals surface area contributed by atoms with E-state index < -0.39 is 4.33 Å². The minimum atomic E-state index is -0.606. The number of hydrogen-bond donors (Lipinski definition) is 0. The Hall–Kier alpha value is -0.200. The van der Waals surface area contributed by atoms with E-state index in [1.807, 2.05) is 18.2 Å². The molecule has 0 fully saturated rings. The third kappa shape index (κ3) is 8.55. The van der Waals surface area contributed by atoms with Crippen LogP contribution in [0.1, 0.15) is 63.9 Å². The van der Waals surface area contributed by atoms with Crippen molar-refractivity contribution in [2.75, 3.05) is 0 Å². The normalized spacial score (nSPS) is 11.7. The van der Waals surface area contributed by atoms with Crippen molar-refractivity contribution in [2.45, 2.75) is 69.0 Å². The minimum absolute atomic E-state index is 0.606. The van der Waals surface area contributed by atoms with Crippen LogP contribution in [0.3, 0.4) is 0 Å². The molecule has 1 aromatic rings. The lowest BCUT2D eigenvalue weighted by Crippen LogP contribution is -2.16. The molecule has 0 aliphatic heterocycles. The van der Waals surface area contributed by atoms with Crippen LogP contribution in [0.15, 0.2) is 30.3 Å². The van der Waals surface area contributed by atoms with Gasteiger partial charge >= 0.3 is 0 Å². The molecule has 0 aliphatic rings. The smallest absolute Gasteiger partial charge is 0.101 e. The fourth-order valence-corrected chi connectivity index (χ4v) is 2.90. The Morgan fingerprint density at radius 3 is 2.05 bits per heavy atom. The zero-order valence-corrected chi connectivity index (χ0v) is 13.5. The molecule has 1 rings (SSSR count). The van der Waals surface area contributed by atoms with Crippen LogP contribution in [0.5, 0.6) is 0 Å². The van der Waals surface area contributed by atoms with Crippen LogP contribution in [0.4, 0.5) is 0 Å². The molecule has 0 N–H and O–H groups in total. The second-order valence-corrected chi connectivity index (χ2v) is 7.03. The molecule has 0 atom stereocenters. The van der Waals surface area contributed by atoms with Crippen LogP contribution in [-0.2, 0) is 6.42 Å². The zero-order valence-electron chi connectivity index (χ0n) is 12.0. The molecule has 0 aromatic heterocycles. The first-order chi connectivity index (χ1) is 9.14. The topological polar surface area (TPSA) is 0 Å². The Bertz CT molecular complexity index is 319. The summed E-state index contributed by atoms with van der Waals surface area (Å²) >= 11 is 12.8. The van der Waals surface area contributed by atoms with Gasteiger partial charge in [0.05, 0.1) is 0 Å². The molecular formula is C17H26Cl2. The Labute approximate surface area is 128 Å². The van der Waals surface area contributed by atoms with Crippen LogP contribution < -0.4 is 0 Å². The second kappa shape index (κ2) is 9.66. The Morgan fingerprint density at radius 2 is 1.42 bits per heavy atom. The molecular weight excluding hydrogens is 275 g/mol. The van der Waals surface area contributed by atoms with Crippen molar-refractivity contribution >= 4 is 23.2 Å². The van der Waals surface area contributed by atoms with E-state index in [9.17, 15) is 0 Å². The Morgan fingerprint density at radius 1 is 0.842 bits per heavy atom. The summed E-state index contributed by atoms with van der Waals surface area (Å²) in [7, 11) is 0. The van der Waals surface area contributed by atoms with Crippen molar-refractivity contribution in [1.29, 1.82) is 0 Å². The maximum absolute atomic E-state index is 6.40. The molecule has 2 heteroatoms. The van der Waals surface area contributed by atoms with Gasteiger partial charge in [-0.1, -0.05) is 82.2 Å². The summed E-state index contributed by atoms with van der Waals surface area (Å²) in [4.78, 5) is 0. The van der Waals surface area contributed by atoms with Crippen molar-refractivity contribution in [3.05, 3.63) is 35.9 Å². The van der Waals surface area contributed by atoms with Gasteiger partial charge in [0.15, 0.2) is 0 Å². The van der Waals surface area contributed by atoms with Crippen LogP contribution in [-0.4, -0.2) is 4.33 Å². The number of unbranched alkanes of at least 4 members (excludes halogenated alkanes) is 6. The van der Waals surface area contributed by atoms with Crippen LogP contribution >= 0.6 is 23.2 Å². The van der Waals surface area contributed by atoms with Gasteiger partial charge in [0, 0.05) is 6.42 Å². The Balaban J connectivity index is 2.13. The summed E-state index contributed by atoms with van der Waals surface area (Å²) in [6, 6.07) is 10.3. The van der Waals surface area contributed by atoms with Crippen LogP contribution in [0.25, 0.3) is 0 Å². The van der Waals surface area contributed by atoms with Gasteiger partial charge in [-0.25, -0.2) is 0 Å². The van der Waals surface area contributed by atoms with E-state index in [0.717, 1.165) is 19.3 Å². The van der Waals surface area contributed by atoms with Gasteiger partial charge in [-0.05, 0) is 12.0 Å². The molecule has 0 aliphatic carbocycles. The summed E-state index contributed by atoms with van der Waals surface area (Å²) in [6.45, 7) is 2.25. The van der Waals surface area contributed by atoms with Gasteiger partial charge in [-0.3, -0.25) is 0 Å². The zero-order chi connectivity index (χ0) is 14.0. The standard InChI is InChI=1S/C17H26Cl2/c1-2-3-4-5-6-7-11-14-17(18,19)15-16-12-9-8-10-13-16/h8-10,12-13H,2-7,11,14-15H2,1H3. The van der Waals surface area contributed by atoms with Crippen molar-refractivity contribution in [1.82, 2.24) is 0 Å². The lowest BCUT2D eigenvalue weighted by atomic mass is 10.0.